The third-order valence-electron chi connectivity index (χ3n) is 1.65. The smallest absolute Gasteiger partial charge is 0.407 e. The number of carbonyl (C=O) groups excluding carboxylic acids is 1. The van der Waals surface area contributed by atoms with Gasteiger partial charge in [-0.2, -0.15) is 0 Å². The second-order valence-corrected chi connectivity index (χ2v) is 5.55. The van der Waals surface area contributed by atoms with Crippen LogP contribution in [0.4, 0.5) is 4.79 Å². The molecular weight excluding hydrogens is 272 g/mol. The Kier molecular flexibility index (Phi) is 5.19. The zero-order valence-electron chi connectivity index (χ0n) is 8.25. The van der Waals surface area contributed by atoms with Crippen LogP contribution >= 0.6 is 34.8 Å². The third-order valence-corrected chi connectivity index (χ3v) is 2.05. The Labute approximate surface area is 109 Å². The lowest BCUT2D eigenvalue weighted by Gasteiger charge is -2.12. The molecule has 0 saturated heterocycles. The fourth-order valence-electron chi connectivity index (χ4n) is 0.947. The maximum atomic E-state index is 11.2. The standard InChI is InChI=1S/C10H10Cl3NO2/c11-10(12,13)7-14-9(15)16-6-8-4-2-1-3-5-8/h1-5H,6-7H2,(H,14,15). The third kappa shape index (κ3) is 6.05. The van der Waals surface area contributed by atoms with Gasteiger partial charge in [-0.05, 0) is 5.56 Å². The molecule has 3 nitrogen and oxygen atoms in total. The summed E-state index contributed by atoms with van der Waals surface area (Å²) in [5, 5.41) is 2.34. The Hall–Kier alpha value is -0.640. The van der Waals surface area contributed by atoms with E-state index in [2.05, 4.69) is 5.32 Å². The molecule has 6 heteroatoms. The van der Waals surface area contributed by atoms with Crippen LogP contribution in [0.15, 0.2) is 30.3 Å². The van der Waals surface area contributed by atoms with Crippen molar-refractivity contribution in [3.63, 3.8) is 0 Å². The lowest BCUT2D eigenvalue weighted by Crippen LogP contribution is -2.32. The van der Waals surface area contributed by atoms with E-state index in [4.69, 9.17) is 39.5 Å². The minimum Gasteiger partial charge on any atom is -0.445 e. The molecule has 88 valence electrons. The number of halogens is 3. The molecule has 0 saturated carbocycles. The highest BCUT2D eigenvalue weighted by atomic mass is 35.6. The monoisotopic (exact) mass is 281 g/mol. The fraction of sp³-hybridized carbons (Fsp3) is 0.300. The van der Waals surface area contributed by atoms with Crippen molar-refractivity contribution in [2.24, 2.45) is 0 Å². The van der Waals surface area contributed by atoms with E-state index in [1.54, 1.807) is 0 Å². The van der Waals surface area contributed by atoms with E-state index < -0.39 is 9.89 Å². The Morgan fingerprint density at radius 3 is 2.44 bits per heavy atom. The van der Waals surface area contributed by atoms with Gasteiger partial charge in [-0.25, -0.2) is 4.79 Å². The summed E-state index contributed by atoms with van der Waals surface area (Å²) in [5.74, 6) is 0. The quantitative estimate of drug-likeness (QED) is 0.864. The summed E-state index contributed by atoms with van der Waals surface area (Å²) < 4.78 is 3.39. The molecule has 0 aromatic heterocycles. The van der Waals surface area contributed by atoms with Gasteiger partial charge in [0.05, 0.1) is 6.54 Å². The Morgan fingerprint density at radius 1 is 1.25 bits per heavy atom. The minimum absolute atomic E-state index is 0.0920. The molecule has 0 unspecified atom stereocenters. The van der Waals surface area contributed by atoms with Crippen molar-refractivity contribution in [2.45, 2.75) is 10.4 Å². The molecule has 0 heterocycles. The fourth-order valence-corrected chi connectivity index (χ4v) is 1.15. The van der Waals surface area contributed by atoms with E-state index in [1.165, 1.54) is 0 Å². The second-order valence-electron chi connectivity index (χ2n) is 3.03. The molecule has 0 atom stereocenters. The first kappa shape index (κ1) is 13.4. The minimum atomic E-state index is -1.51. The molecule has 1 amide bonds. The highest BCUT2D eigenvalue weighted by Gasteiger charge is 2.20. The van der Waals surface area contributed by atoms with Crippen molar-refractivity contribution in [1.29, 1.82) is 0 Å². The molecule has 0 aliphatic carbocycles. The molecule has 0 bridgehead atoms. The van der Waals surface area contributed by atoms with Crippen molar-refractivity contribution < 1.29 is 9.53 Å². The van der Waals surface area contributed by atoms with Gasteiger partial charge >= 0.3 is 6.09 Å². The van der Waals surface area contributed by atoms with Crippen LogP contribution in [0.5, 0.6) is 0 Å². The first-order valence-corrected chi connectivity index (χ1v) is 5.62. The van der Waals surface area contributed by atoms with Gasteiger partial charge in [-0.15, -0.1) is 0 Å². The molecule has 0 radical (unpaired) electrons. The van der Waals surface area contributed by atoms with Crippen LogP contribution in [-0.2, 0) is 11.3 Å². The molecule has 1 aromatic rings. The summed E-state index contributed by atoms with van der Waals surface area (Å²) in [7, 11) is 0. The predicted octanol–water partition coefficient (Wildman–Crippen LogP) is 3.28. The number of alkyl halides is 3. The summed E-state index contributed by atoms with van der Waals surface area (Å²) in [6, 6.07) is 9.30. The number of nitrogens with one attached hydrogen (secondary N) is 1. The first-order chi connectivity index (χ1) is 7.47. The summed E-state index contributed by atoms with van der Waals surface area (Å²) >= 11 is 16.4. The average Bonchev–Trinajstić information content (AvgIpc) is 2.24. The highest BCUT2D eigenvalue weighted by Crippen LogP contribution is 2.24. The topological polar surface area (TPSA) is 38.3 Å². The number of ether oxygens (including phenoxy) is 1. The first-order valence-electron chi connectivity index (χ1n) is 4.49. The van der Waals surface area contributed by atoms with Crippen molar-refractivity contribution in [1.82, 2.24) is 5.32 Å². The maximum absolute atomic E-state index is 11.2. The van der Waals surface area contributed by atoms with Gasteiger partial charge in [-0.1, -0.05) is 65.1 Å². The molecule has 16 heavy (non-hydrogen) atoms. The van der Waals surface area contributed by atoms with Crippen LogP contribution in [0, 0.1) is 0 Å². The molecule has 0 fully saturated rings. The predicted molar refractivity (Wildman–Crippen MR) is 64.9 cm³/mol. The zero-order valence-corrected chi connectivity index (χ0v) is 10.5. The van der Waals surface area contributed by atoms with E-state index in [9.17, 15) is 4.79 Å². The second kappa shape index (κ2) is 6.18. The Bertz CT molecular complexity index is 338. The van der Waals surface area contributed by atoms with Gasteiger partial charge in [0.15, 0.2) is 0 Å². The molecule has 1 aromatic carbocycles. The number of benzene rings is 1. The number of rotatable bonds is 3. The largest absolute Gasteiger partial charge is 0.445 e. The van der Waals surface area contributed by atoms with E-state index >= 15 is 0 Å². The summed E-state index contributed by atoms with van der Waals surface area (Å²) in [6.45, 7) is 0.0951. The van der Waals surface area contributed by atoms with E-state index in [-0.39, 0.29) is 13.2 Å². The van der Waals surface area contributed by atoms with Crippen LogP contribution < -0.4 is 5.32 Å². The van der Waals surface area contributed by atoms with E-state index in [0.717, 1.165) is 5.56 Å². The van der Waals surface area contributed by atoms with Crippen LogP contribution in [-0.4, -0.2) is 16.4 Å². The van der Waals surface area contributed by atoms with Crippen molar-refractivity contribution in [2.75, 3.05) is 6.54 Å². The van der Waals surface area contributed by atoms with Gasteiger partial charge in [0.25, 0.3) is 0 Å². The molecule has 0 aliphatic heterocycles. The molecule has 1 N–H and O–H groups in total. The Morgan fingerprint density at radius 2 is 1.88 bits per heavy atom. The number of carbonyl (C=O) groups is 1. The number of amides is 1. The molecule has 1 rings (SSSR count). The van der Waals surface area contributed by atoms with Crippen LogP contribution in [0.3, 0.4) is 0 Å². The Balaban J connectivity index is 2.26. The van der Waals surface area contributed by atoms with Gasteiger partial charge in [0.2, 0.25) is 3.79 Å². The highest BCUT2D eigenvalue weighted by molar-refractivity contribution is 6.67. The SMILES string of the molecule is O=C(NCC(Cl)(Cl)Cl)OCc1ccccc1. The average molecular weight is 283 g/mol. The van der Waals surface area contributed by atoms with E-state index in [1.807, 2.05) is 30.3 Å². The van der Waals surface area contributed by atoms with Gasteiger partial charge in [0.1, 0.15) is 6.61 Å². The maximum Gasteiger partial charge on any atom is 0.407 e. The van der Waals surface area contributed by atoms with Gasteiger partial charge < -0.3 is 10.1 Å². The molecule has 0 aliphatic rings. The normalized spacial score (nSPS) is 10.9. The number of hydrogen-bond donors (Lipinski definition) is 1. The number of hydrogen-bond acceptors (Lipinski definition) is 2. The zero-order chi connectivity index (χ0) is 12.0. The lowest BCUT2D eigenvalue weighted by molar-refractivity contribution is 0.140. The van der Waals surface area contributed by atoms with Crippen LogP contribution in [0.25, 0.3) is 0 Å². The summed E-state index contributed by atoms with van der Waals surface area (Å²) in [6.07, 6.45) is -0.616. The van der Waals surface area contributed by atoms with Crippen molar-refractivity contribution >= 4 is 40.9 Å². The summed E-state index contributed by atoms with van der Waals surface area (Å²) in [5.41, 5.74) is 0.895. The lowest BCUT2D eigenvalue weighted by atomic mass is 10.2. The van der Waals surface area contributed by atoms with Crippen molar-refractivity contribution in [3.8, 4) is 0 Å². The molecule has 0 spiro atoms. The van der Waals surface area contributed by atoms with Crippen LogP contribution in [0.1, 0.15) is 5.56 Å². The van der Waals surface area contributed by atoms with E-state index in [0.29, 0.717) is 0 Å². The van der Waals surface area contributed by atoms with Gasteiger partial charge in [0, 0.05) is 0 Å². The molecular formula is C10H10Cl3NO2. The van der Waals surface area contributed by atoms with Crippen molar-refractivity contribution in [3.05, 3.63) is 35.9 Å². The summed E-state index contributed by atoms with van der Waals surface area (Å²) in [4.78, 5) is 11.2. The van der Waals surface area contributed by atoms with Gasteiger partial charge in [-0.3, -0.25) is 0 Å². The van der Waals surface area contributed by atoms with Crippen LogP contribution in [0.2, 0.25) is 0 Å². The number of alkyl carbamates (subject to hydrolysis) is 1.